The fourth-order valence-corrected chi connectivity index (χ4v) is 1.05. The Balaban J connectivity index is 3.44. The van der Waals surface area contributed by atoms with Crippen molar-refractivity contribution in [1.29, 1.82) is 0 Å². The third kappa shape index (κ3) is 1.85. The summed E-state index contributed by atoms with van der Waals surface area (Å²) in [5.41, 5.74) is -1.89. The summed E-state index contributed by atoms with van der Waals surface area (Å²) >= 11 is 5.35. The summed E-state index contributed by atoms with van der Waals surface area (Å²) in [6.45, 7) is 1.15. The molecule has 0 spiro atoms. The maximum Gasteiger partial charge on any atom is 0.418 e. The van der Waals surface area contributed by atoms with Gasteiger partial charge in [-0.25, -0.2) is 0 Å². The predicted molar refractivity (Wildman–Crippen MR) is 41.8 cm³/mol. The van der Waals surface area contributed by atoms with Crippen LogP contribution in [0.25, 0.3) is 0 Å². The van der Waals surface area contributed by atoms with Crippen molar-refractivity contribution in [2.45, 2.75) is 13.1 Å². The molecule has 1 rings (SSSR count). The monoisotopic (exact) mass is 211 g/mol. The molecule has 1 N–H and O–H groups in total. The van der Waals surface area contributed by atoms with E-state index in [9.17, 15) is 18.0 Å². The van der Waals surface area contributed by atoms with E-state index in [1.165, 1.54) is 0 Å². The van der Waals surface area contributed by atoms with Gasteiger partial charge in [0.1, 0.15) is 5.02 Å². The molecule has 72 valence electrons. The summed E-state index contributed by atoms with van der Waals surface area (Å²) in [6, 6.07) is 0. The fraction of sp³-hybridized carbons (Fsp3) is 0.286. The van der Waals surface area contributed by atoms with Crippen LogP contribution < -0.4 is 5.56 Å². The molecule has 6 heteroatoms. The van der Waals surface area contributed by atoms with E-state index < -0.39 is 22.3 Å². The SMILES string of the molecule is Cc1c(C(F)(F)F)c[nH]c(=O)c1Cl. The highest BCUT2D eigenvalue weighted by molar-refractivity contribution is 6.31. The normalized spacial score (nSPS) is 11.8. The molecule has 0 aliphatic heterocycles. The largest absolute Gasteiger partial charge is 0.418 e. The molecule has 1 aromatic heterocycles. The minimum Gasteiger partial charge on any atom is -0.327 e. The van der Waals surface area contributed by atoms with Crippen molar-refractivity contribution >= 4 is 11.6 Å². The minimum atomic E-state index is -4.49. The third-order valence-corrected chi connectivity index (χ3v) is 2.04. The highest BCUT2D eigenvalue weighted by Crippen LogP contribution is 2.32. The molecule has 0 fully saturated rings. The minimum absolute atomic E-state index is 0.252. The van der Waals surface area contributed by atoms with Gasteiger partial charge >= 0.3 is 6.18 Å². The summed E-state index contributed by atoms with van der Waals surface area (Å²) < 4.78 is 36.5. The molecule has 13 heavy (non-hydrogen) atoms. The number of aromatic amines is 1. The molecule has 0 aliphatic rings. The van der Waals surface area contributed by atoms with Crippen molar-refractivity contribution in [3.05, 3.63) is 32.7 Å². The molecule has 0 aliphatic carbocycles. The van der Waals surface area contributed by atoms with Gasteiger partial charge in [0, 0.05) is 6.20 Å². The average molecular weight is 212 g/mol. The van der Waals surface area contributed by atoms with Crippen LogP contribution in [-0.4, -0.2) is 4.98 Å². The van der Waals surface area contributed by atoms with Gasteiger partial charge in [-0.1, -0.05) is 11.6 Å². The van der Waals surface area contributed by atoms with Crippen LogP contribution in [0.4, 0.5) is 13.2 Å². The topological polar surface area (TPSA) is 32.9 Å². The van der Waals surface area contributed by atoms with Gasteiger partial charge < -0.3 is 4.98 Å². The van der Waals surface area contributed by atoms with Crippen molar-refractivity contribution in [1.82, 2.24) is 4.98 Å². The molecular formula is C7H5ClF3NO. The van der Waals surface area contributed by atoms with E-state index in [4.69, 9.17) is 11.6 Å². The lowest BCUT2D eigenvalue weighted by Crippen LogP contribution is -2.15. The molecule has 1 aromatic rings. The van der Waals surface area contributed by atoms with Crippen molar-refractivity contribution in [2.24, 2.45) is 0 Å². The molecule has 0 aromatic carbocycles. The van der Waals surface area contributed by atoms with Crippen LogP contribution in [0.2, 0.25) is 5.02 Å². The molecule has 0 atom stereocenters. The maximum atomic E-state index is 12.2. The van der Waals surface area contributed by atoms with Crippen LogP contribution in [0.5, 0.6) is 0 Å². The van der Waals surface area contributed by atoms with E-state index in [1.807, 2.05) is 4.98 Å². The standard InChI is InChI=1S/C7H5ClF3NO/c1-3-4(7(9,10)11)2-12-6(13)5(3)8/h2H,1H3,(H,12,13). The van der Waals surface area contributed by atoms with Gasteiger partial charge in [0.25, 0.3) is 5.56 Å². The maximum absolute atomic E-state index is 12.2. The first-order valence-corrected chi connectivity index (χ1v) is 3.67. The second kappa shape index (κ2) is 3.06. The summed E-state index contributed by atoms with van der Waals surface area (Å²) in [6.07, 6.45) is -3.87. The van der Waals surface area contributed by atoms with E-state index in [2.05, 4.69) is 0 Å². The summed E-state index contributed by atoms with van der Waals surface area (Å²) in [5, 5.41) is -0.421. The number of pyridine rings is 1. The van der Waals surface area contributed by atoms with Crippen LogP contribution in [0.1, 0.15) is 11.1 Å². The van der Waals surface area contributed by atoms with Crippen LogP contribution in [0.3, 0.4) is 0 Å². The number of halogens is 4. The van der Waals surface area contributed by atoms with Gasteiger partial charge in [-0.3, -0.25) is 4.79 Å². The first-order valence-electron chi connectivity index (χ1n) is 3.29. The highest BCUT2D eigenvalue weighted by atomic mass is 35.5. The molecule has 0 bridgehead atoms. The number of hydrogen-bond acceptors (Lipinski definition) is 1. The Morgan fingerprint density at radius 3 is 2.46 bits per heavy atom. The Bertz CT molecular complexity index is 382. The Morgan fingerprint density at radius 1 is 1.46 bits per heavy atom. The summed E-state index contributed by atoms with van der Waals surface area (Å²) in [7, 11) is 0. The van der Waals surface area contributed by atoms with E-state index in [0.717, 1.165) is 6.92 Å². The Morgan fingerprint density at radius 2 is 2.00 bits per heavy atom. The van der Waals surface area contributed by atoms with Crippen LogP contribution in [0.15, 0.2) is 11.0 Å². The van der Waals surface area contributed by atoms with Crippen molar-refractivity contribution in [3.63, 3.8) is 0 Å². The summed E-state index contributed by atoms with van der Waals surface area (Å²) in [4.78, 5) is 12.7. The molecule has 0 saturated heterocycles. The van der Waals surface area contributed by atoms with E-state index in [-0.39, 0.29) is 5.56 Å². The number of H-pyrrole nitrogens is 1. The molecule has 0 saturated carbocycles. The van der Waals surface area contributed by atoms with Crippen molar-refractivity contribution < 1.29 is 13.2 Å². The molecule has 0 unspecified atom stereocenters. The highest BCUT2D eigenvalue weighted by Gasteiger charge is 2.33. The predicted octanol–water partition coefficient (Wildman–Crippen LogP) is 2.36. The number of nitrogens with one attached hydrogen (secondary N) is 1. The lowest BCUT2D eigenvalue weighted by Gasteiger charge is -2.09. The lowest BCUT2D eigenvalue weighted by atomic mass is 10.1. The molecule has 0 amide bonds. The lowest BCUT2D eigenvalue weighted by molar-refractivity contribution is -0.138. The zero-order valence-corrected chi connectivity index (χ0v) is 7.25. The number of hydrogen-bond donors (Lipinski definition) is 1. The van der Waals surface area contributed by atoms with Crippen molar-refractivity contribution in [3.8, 4) is 0 Å². The average Bonchev–Trinajstić information content (AvgIpc) is 1.98. The van der Waals surface area contributed by atoms with Gasteiger partial charge in [-0.2, -0.15) is 13.2 Å². The Hall–Kier alpha value is -0.970. The van der Waals surface area contributed by atoms with Gasteiger partial charge in [0.15, 0.2) is 0 Å². The van der Waals surface area contributed by atoms with E-state index in [1.54, 1.807) is 0 Å². The first kappa shape index (κ1) is 10.1. The second-order valence-electron chi connectivity index (χ2n) is 2.47. The quantitative estimate of drug-likeness (QED) is 0.702. The molecular weight excluding hydrogens is 207 g/mol. The van der Waals surface area contributed by atoms with Gasteiger partial charge in [0.05, 0.1) is 5.56 Å². The van der Waals surface area contributed by atoms with Crippen molar-refractivity contribution in [2.75, 3.05) is 0 Å². The first-order chi connectivity index (χ1) is 5.84. The number of rotatable bonds is 0. The molecule has 1 heterocycles. The van der Waals surface area contributed by atoms with Crippen LogP contribution in [0, 0.1) is 6.92 Å². The number of alkyl halides is 3. The van der Waals surface area contributed by atoms with Gasteiger partial charge in [0.2, 0.25) is 0 Å². The van der Waals surface area contributed by atoms with E-state index in [0.29, 0.717) is 6.20 Å². The van der Waals surface area contributed by atoms with E-state index >= 15 is 0 Å². The van der Waals surface area contributed by atoms with Crippen LogP contribution in [-0.2, 0) is 6.18 Å². The molecule has 0 radical (unpaired) electrons. The zero-order chi connectivity index (χ0) is 10.2. The van der Waals surface area contributed by atoms with Gasteiger partial charge in [-0.05, 0) is 12.5 Å². The summed E-state index contributed by atoms with van der Waals surface area (Å²) in [5.74, 6) is 0. The molecule has 2 nitrogen and oxygen atoms in total. The van der Waals surface area contributed by atoms with Crippen LogP contribution >= 0.6 is 11.6 Å². The Kier molecular flexibility index (Phi) is 2.38. The second-order valence-corrected chi connectivity index (χ2v) is 2.85. The third-order valence-electron chi connectivity index (χ3n) is 1.59. The van der Waals surface area contributed by atoms with Gasteiger partial charge in [-0.15, -0.1) is 0 Å². The smallest absolute Gasteiger partial charge is 0.327 e. The fourth-order valence-electron chi connectivity index (χ4n) is 0.892. The Labute approximate surface area is 76.3 Å². The zero-order valence-electron chi connectivity index (χ0n) is 6.50. The number of aromatic nitrogens is 1.